The minimum Gasteiger partial charge on any atom is -0.374 e. The molecule has 0 rings (SSSR count). The lowest BCUT2D eigenvalue weighted by Crippen LogP contribution is -1.96. The van der Waals surface area contributed by atoms with E-state index in [1.807, 2.05) is 0 Å². The van der Waals surface area contributed by atoms with E-state index in [1.54, 1.807) is 6.92 Å². The number of hydrogen-bond acceptors (Lipinski definition) is 3. The zero-order valence-corrected chi connectivity index (χ0v) is 6.12. The first-order chi connectivity index (χ1) is 3.66. The summed E-state index contributed by atoms with van der Waals surface area (Å²) in [5.41, 5.74) is 0. The second kappa shape index (κ2) is 3.86. The van der Waals surface area contributed by atoms with E-state index in [-0.39, 0.29) is 0 Å². The van der Waals surface area contributed by atoms with Crippen LogP contribution in [0.1, 0.15) is 6.92 Å². The molecule has 0 aliphatic heterocycles. The monoisotopic (exact) mass is 155 g/mol. The zero-order valence-electron chi connectivity index (χ0n) is 4.55. The lowest BCUT2D eigenvalue weighted by molar-refractivity contribution is 0.569. The predicted molar refractivity (Wildman–Crippen MR) is 34.1 cm³/mol. The fourth-order valence-corrected chi connectivity index (χ4v) is 0.670. The second-order valence-electron chi connectivity index (χ2n) is 1.02. The fourth-order valence-electron chi connectivity index (χ4n) is 0.132. The minimum absolute atomic E-state index is 0.318. The number of aliphatic imine (C=N–C) groups is 1. The van der Waals surface area contributed by atoms with Gasteiger partial charge in [0.1, 0.15) is 0 Å². The first kappa shape index (κ1) is 7.91. The van der Waals surface area contributed by atoms with Gasteiger partial charge in [-0.2, -0.15) is 4.21 Å². The van der Waals surface area contributed by atoms with Gasteiger partial charge in [0.15, 0.2) is 5.90 Å². The molecule has 1 unspecified atom stereocenters. The molecule has 0 saturated carbocycles. The van der Waals surface area contributed by atoms with E-state index < -0.39 is 10.3 Å². The molecule has 0 heterocycles. The summed E-state index contributed by atoms with van der Waals surface area (Å²) in [7, 11) is 4.69. The largest absolute Gasteiger partial charge is 0.374 e. The third-order valence-electron chi connectivity index (χ3n) is 0.501. The van der Waals surface area contributed by atoms with Crippen molar-refractivity contribution in [2.75, 3.05) is 7.05 Å². The van der Waals surface area contributed by atoms with Gasteiger partial charge in [-0.1, -0.05) is 0 Å². The molecule has 1 atom stereocenters. The van der Waals surface area contributed by atoms with Crippen LogP contribution in [0.2, 0.25) is 0 Å². The van der Waals surface area contributed by atoms with Gasteiger partial charge in [-0.05, 0) is 0 Å². The lowest BCUT2D eigenvalue weighted by Gasteiger charge is -1.92. The van der Waals surface area contributed by atoms with Crippen molar-refractivity contribution in [3.63, 3.8) is 0 Å². The van der Waals surface area contributed by atoms with E-state index in [0.29, 0.717) is 5.90 Å². The summed E-state index contributed by atoms with van der Waals surface area (Å²) < 4.78 is 14.4. The Morgan fingerprint density at radius 3 is 2.50 bits per heavy atom. The van der Waals surface area contributed by atoms with Crippen LogP contribution < -0.4 is 0 Å². The predicted octanol–water partition coefficient (Wildman–Crippen LogP) is 0.869. The molecule has 0 fully saturated rings. The van der Waals surface area contributed by atoms with Gasteiger partial charge in [0.05, 0.1) is 0 Å². The lowest BCUT2D eigenvalue weighted by atomic mass is 10.8. The molecular formula is C3H6ClNO2S. The van der Waals surface area contributed by atoms with Gasteiger partial charge in [-0.15, -0.1) is 0 Å². The van der Waals surface area contributed by atoms with Gasteiger partial charge < -0.3 is 4.18 Å². The highest BCUT2D eigenvalue weighted by atomic mass is 35.7. The molecule has 0 amide bonds. The summed E-state index contributed by atoms with van der Waals surface area (Å²) in [6.45, 7) is 1.57. The average Bonchev–Trinajstić information content (AvgIpc) is 1.65. The molecule has 0 aliphatic carbocycles. The Hall–Kier alpha value is -0.0900. The van der Waals surface area contributed by atoms with Crippen LogP contribution in [0.15, 0.2) is 4.99 Å². The summed E-state index contributed by atoms with van der Waals surface area (Å²) in [4.78, 5) is 3.55. The molecule has 0 N–H and O–H groups in total. The quantitative estimate of drug-likeness (QED) is 0.320. The minimum atomic E-state index is -1.75. The number of halogens is 1. The molecule has 3 nitrogen and oxygen atoms in total. The van der Waals surface area contributed by atoms with Crippen LogP contribution >= 0.6 is 10.7 Å². The van der Waals surface area contributed by atoms with E-state index in [4.69, 9.17) is 10.7 Å². The highest BCUT2D eigenvalue weighted by Crippen LogP contribution is 1.91. The van der Waals surface area contributed by atoms with Crippen LogP contribution in [0.25, 0.3) is 0 Å². The Labute approximate surface area is 54.9 Å². The maximum atomic E-state index is 9.99. The van der Waals surface area contributed by atoms with Crippen LogP contribution in [0, 0.1) is 0 Å². The van der Waals surface area contributed by atoms with Crippen LogP contribution in [0.3, 0.4) is 0 Å². The molecular weight excluding hydrogens is 150 g/mol. The summed E-state index contributed by atoms with van der Waals surface area (Å²) in [5.74, 6) is 0.318. The maximum absolute atomic E-state index is 9.99. The molecule has 0 radical (unpaired) electrons. The smallest absolute Gasteiger partial charge is 0.310 e. The van der Waals surface area contributed by atoms with Crippen molar-refractivity contribution < 1.29 is 8.39 Å². The first-order valence-electron chi connectivity index (χ1n) is 1.86. The third kappa shape index (κ3) is 4.08. The molecule has 8 heavy (non-hydrogen) atoms. The van der Waals surface area contributed by atoms with Crippen molar-refractivity contribution in [2.24, 2.45) is 4.99 Å². The van der Waals surface area contributed by atoms with Gasteiger partial charge in [0, 0.05) is 24.7 Å². The van der Waals surface area contributed by atoms with Gasteiger partial charge in [0.25, 0.3) is 0 Å². The van der Waals surface area contributed by atoms with Crippen molar-refractivity contribution in [3.8, 4) is 0 Å². The Morgan fingerprint density at radius 2 is 2.38 bits per heavy atom. The molecule has 0 aromatic heterocycles. The van der Waals surface area contributed by atoms with Crippen LogP contribution in [-0.2, 0) is 14.5 Å². The highest BCUT2D eigenvalue weighted by molar-refractivity contribution is 8.04. The maximum Gasteiger partial charge on any atom is 0.310 e. The van der Waals surface area contributed by atoms with E-state index in [1.165, 1.54) is 7.05 Å². The Kier molecular flexibility index (Phi) is 3.81. The van der Waals surface area contributed by atoms with Crippen LogP contribution in [0.5, 0.6) is 0 Å². The van der Waals surface area contributed by atoms with Crippen LogP contribution in [-0.4, -0.2) is 17.2 Å². The fraction of sp³-hybridized carbons (Fsp3) is 0.667. The summed E-state index contributed by atoms with van der Waals surface area (Å²) in [5, 5.41) is 0. The van der Waals surface area contributed by atoms with E-state index in [9.17, 15) is 4.21 Å². The summed E-state index contributed by atoms with van der Waals surface area (Å²) >= 11 is 0. The zero-order chi connectivity index (χ0) is 6.57. The molecule has 48 valence electrons. The molecule has 0 saturated heterocycles. The molecule has 0 spiro atoms. The van der Waals surface area contributed by atoms with E-state index >= 15 is 0 Å². The van der Waals surface area contributed by atoms with Crippen molar-refractivity contribution in [2.45, 2.75) is 6.92 Å². The van der Waals surface area contributed by atoms with Crippen molar-refractivity contribution in [1.29, 1.82) is 0 Å². The number of nitrogens with zero attached hydrogens (tertiary/aromatic N) is 1. The SMILES string of the molecule is CN=C(C)OS(=O)Cl. The van der Waals surface area contributed by atoms with Crippen molar-refractivity contribution >= 4 is 26.9 Å². The average molecular weight is 156 g/mol. The molecule has 0 aromatic rings. The number of rotatable bonds is 1. The summed E-state index contributed by atoms with van der Waals surface area (Å²) in [6.07, 6.45) is 0. The topological polar surface area (TPSA) is 38.7 Å². The van der Waals surface area contributed by atoms with Crippen LogP contribution in [0.4, 0.5) is 0 Å². The normalized spacial score (nSPS) is 15.6. The molecule has 0 aliphatic rings. The Bertz CT molecular complexity index is 124. The van der Waals surface area contributed by atoms with Gasteiger partial charge in [-0.3, -0.25) is 4.99 Å². The first-order valence-corrected chi connectivity index (χ1v) is 3.76. The highest BCUT2D eigenvalue weighted by Gasteiger charge is 1.93. The standard InChI is InChI=1S/C3H6ClNO2S/c1-3(5-2)7-8(4)6/h1-2H3. The third-order valence-corrected chi connectivity index (χ3v) is 1.06. The second-order valence-corrected chi connectivity index (χ2v) is 2.33. The van der Waals surface area contributed by atoms with Gasteiger partial charge in [-0.25, -0.2) is 0 Å². The number of hydrogen-bond donors (Lipinski definition) is 0. The summed E-state index contributed by atoms with van der Waals surface area (Å²) in [6, 6.07) is 0. The van der Waals surface area contributed by atoms with Gasteiger partial charge in [0.2, 0.25) is 0 Å². The molecule has 0 aromatic carbocycles. The molecule has 5 heteroatoms. The molecule has 0 bridgehead atoms. The van der Waals surface area contributed by atoms with E-state index in [0.717, 1.165) is 0 Å². The van der Waals surface area contributed by atoms with Crippen molar-refractivity contribution in [3.05, 3.63) is 0 Å². The Morgan fingerprint density at radius 1 is 1.88 bits per heavy atom. The van der Waals surface area contributed by atoms with Gasteiger partial charge >= 0.3 is 10.3 Å². The Balaban J connectivity index is 3.56. The van der Waals surface area contributed by atoms with Crippen molar-refractivity contribution in [1.82, 2.24) is 0 Å². The van der Waals surface area contributed by atoms with E-state index in [2.05, 4.69) is 9.18 Å².